The van der Waals surface area contributed by atoms with E-state index in [2.05, 4.69) is 148 Å². The molecular weight excluding hydrogens is 885 g/mol. The molecule has 0 aliphatic heterocycles. The number of ether oxygens (including phenoxy) is 2. The fourth-order valence-corrected chi connectivity index (χ4v) is 7.99. The molecule has 0 aliphatic carbocycles. The van der Waals surface area contributed by atoms with Crippen molar-refractivity contribution >= 4 is 11.9 Å². The molecule has 0 aromatic carbocycles. The van der Waals surface area contributed by atoms with Crippen molar-refractivity contribution in [1.82, 2.24) is 0 Å². The molecule has 5 nitrogen and oxygen atoms in total. The maximum atomic E-state index is 12.3. The zero-order chi connectivity index (χ0) is 52.0. The molecule has 0 saturated heterocycles. The minimum Gasteiger partial charge on any atom is -0.462 e. The number of carbonyl (C=O) groups excluding carboxylic acids is 2. The summed E-state index contributed by atoms with van der Waals surface area (Å²) in [6.45, 7) is 4.01. The molecule has 0 rings (SSSR count). The Morgan fingerprint density at radius 3 is 0.903 bits per heavy atom. The first-order valence-electron chi connectivity index (χ1n) is 29.7. The van der Waals surface area contributed by atoms with E-state index in [0.29, 0.717) is 12.8 Å². The second-order valence-corrected chi connectivity index (χ2v) is 19.3. The van der Waals surface area contributed by atoms with Crippen LogP contribution in [0.25, 0.3) is 0 Å². The van der Waals surface area contributed by atoms with Crippen LogP contribution in [-0.2, 0) is 19.1 Å². The predicted molar refractivity (Wildman–Crippen MR) is 315 cm³/mol. The van der Waals surface area contributed by atoms with Gasteiger partial charge < -0.3 is 14.6 Å². The molecular formula is C67H110O5. The first-order valence-corrected chi connectivity index (χ1v) is 29.7. The Morgan fingerprint density at radius 2 is 0.597 bits per heavy atom. The van der Waals surface area contributed by atoms with Crippen molar-refractivity contribution in [1.29, 1.82) is 0 Å². The summed E-state index contributed by atoms with van der Waals surface area (Å²) in [6.07, 6.45) is 91.4. The van der Waals surface area contributed by atoms with Gasteiger partial charge in [0.2, 0.25) is 0 Å². The van der Waals surface area contributed by atoms with Crippen LogP contribution in [0.15, 0.2) is 134 Å². The van der Waals surface area contributed by atoms with Crippen LogP contribution in [0, 0.1) is 0 Å². The van der Waals surface area contributed by atoms with E-state index in [4.69, 9.17) is 9.47 Å². The molecule has 0 saturated carbocycles. The van der Waals surface area contributed by atoms with Gasteiger partial charge in [0.1, 0.15) is 6.61 Å². The molecule has 1 atom stereocenters. The smallest absolute Gasteiger partial charge is 0.306 e. The molecule has 0 bridgehead atoms. The van der Waals surface area contributed by atoms with Crippen LogP contribution in [0.5, 0.6) is 0 Å². The summed E-state index contributed by atoms with van der Waals surface area (Å²) < 4.78 is 10.7. The monoisotopic (exact) mass is 995 g/mol. The Hall–Kier alpha value is -3.96. The normalized spacial score (nSPS) is 13.2. The molecule has 0 aromatic rings. The van der Waals surface area contributed by atoms with E-state index in [9.17, 15) is 14.7 Å². The molecule has 1 N–H and O–H groups in total. The highest BCUT2D eigenvalue weighted by molar-refractivity contribution is 5.70. The van der Waals surface area contributed by atoms with Gasteiger partial charge in [-0.2, -0.15) is 0 Å². The SMILES string of the molecule is CC/C=C\C/C=C\C/C=C\C/C=C\C/C=C\C/C=C\C/C=C\C/C=C\C/C=C\CCCCCCCC(=O)OC(CO)COC(=O)CCCCCCCCCCCCCCC/C=C\C/C=C\CCCCCCC. The van der Waals surface area contributed by atoms with Crippen molar-refractivity contribution in [2.75, 3.05) is 13.2 Å². The second-order valence-electron chi connectivity index (χ2n) is 19.3. The molecule has 0 spiro atoms. The Bertz CT molecular complexity index is 1500. The summed E-state index contributed by atoms with van der Waals surface area (Å²) in [5, 5.41) is 9.66. The highest BCUT2D eigenvalue weighted by Crippen LogP contribution is 2.15. The largest absolute Gasteiger partial charge is 0.462 e. The molecule has 0 heterocycles. The van der Waals surface area contributed by atoms with E-state index < -0.39 is 6.10 Å². The molecule has 0 fully saturated rings. The Kier molecular flexibility index (Phi) is 58.0. The van der Waals surface area contributed by atoms with E-state index in [0.717, 1.165) is 122 Å². The van der Waals surface area contributed by atoms with Crippen molar-refractivity contribution in [2.45, 2.75) is 264 Å². The molecule has 0 aliphatic rings. The summed E-state index contributed by atoms with van der Waals surface area (Å²) in [5.41, 5.74) is 0. The van der Waals surface area contributed by atoms with E-state index in [1.807, 2.05) is 0 Å². The summed E-state index contributed by atoms with van der Waals surface area (Å²) in [5.74, 6) is -0.617. The van der Waals surface area contributed by atoms with Crippen molar-refractivity contribution in [3.05, 3.63) is 134 Å². The average Bonchev–Trinajstić information content (AvgIpc) is 3.38. The molecule has 0 amide bonds. The molecule has 0 radical (unpaired) electrons. The summed E-state index contributed by atoms with van der Waals surface area (Å²) in [4.78, 5) is 24.6. The number of rotatable bonds is 53. The van der Waals surface area contributed by atoms with Crippen LogP contribution in [0.1, 0.15) is 258 Å². The third-order valence-corrected chi connectivity index (χ3v) is 12.4. The number of carbonyl (C=O) groups is 2. The van der Waals surface area contributed by atoms with Gasteiger partial charge >= 0.3 is 11.9 Å². The molecule has 408 valence electrons. The van der Waals surface area contributed by atoms with Gasteiger partial charge in [0.15, 0.2) is 6.10 Å². The van der Waals surface area contributed by atoms with Gasteiger partial charge in [-0.05, 0) is 116 Å². The van der Waals surface area contributed by atoms with Gasteiger partial charge in [-0.3, -0.25) is 9.59 Å². The number of unbranched alkanes of at least 4 members (excludes halogenated alkanes) is 23. The van der Waals surface area contributed by atoms with Gasteiger partial charge in [0, 0.05) is 12.8 Å². The summed E-state index contributed by atoms with van der Waals surface area (Å²) in [7, 11) is 0. The van der Waals surface area contributed by atoms with Crippen LogP contribution >= 0.6 is 0 Å². The standard InChI is InChI=1S/C67H110O5/c1-3-5-7-9-11-13-15-17-19-21-23-25-27-29-30-31-32-33-34-35-36-38-40-42-44-46-48-50-52-54-56-58-60-62-67(70)72-65(63-68)64-71-66(69)61-59-57-55-53-51-49-47-45-43-41-39-37-28-26-24-22-20-18-16-14-12-10-8-6-4-2/h5,7,11,13,16-19,22-25,29-30,32-33,35-36,40,42,46,48,65,68H,3-4,6,8-10,12,14-15,20-21,26-28,31,34,37-39,41,43-45,47,49-64H2,1-2H3/b7-5-,13-11-,18-16-,19-17-,24-22-,25-23-,30-29-,33-32-,36-35-,42-40-,48-46-. The zero-order valence-corrected chi connectivity index (χ0v) is 46.6. The fraction of sp³-hybridized carbons (Fsp3) is 0.642. The van der Waals surface area contributed by atoms with Gasteiger partial charge in [0.05, 0.1) is 6.61 Å². The lowest BCUT2D eigenvalue weighted by atomic mass is 10.0. The lowest BCUT2D eigenvalue weighted by molar-refractivity contribution is -0.161. The van der Waals surface area contributed by atoms with E-state index in [1.54, 1.807) is 0 Å². The topological polar surface area (TPSA) is 72.8 Å². The number of esters is 2. The number of hydrogen-bond acceptors (Lipinski definition) is 5. The Balaban J connectivity index is 3.60. The van der Waals surface area contributed by atoms with Gasteiger partial charge in [-0.1, -0.05) is 263 Å². The lowest BCUT2D eigenvalue weighted by Gasteiger charge is -2.15. The summed E-state index contributed by atoms with van der Waals surface area (Å²) >= 11 is 0. The van der Waals surface area contributed by atoms with E-state index in [1.165, 1.54) is 109 Å². The zero-order valence-electron chi connectivity index (χ0n) is 46.6. The number of hydrogen-bond donors (Lipinski definition) is 1. The quantitative estimate of drug-likeness (QED) is 0.0373. The number of allylic oxidation sites excluding steroid dienone is 22. The van der Waals surface area contributed by atoms with Crippen molar-refractivity contribution < 1.29 is 24.2 Å². The maximum absolute atomic E-state index is 12.3. The minimum absolute atomic E-state index is 0.0814. The van der Waals surface area contributed by atoms with Crippen LogP contribution in [-0.4, -0.2) is 36.4 Å². The second kappa shape index (κ2) is 61.3. The third-order valence-electron chi connectivity index (χ3n) is 12.4. The summed E-state index contributed by atoms with van der Waals surface area (Å²) in [6, 6.07) is 0. The fourth-order valence-electron chi connectivity index (χ4n) is 7.99. The van der Waals surface area contributed by atoms with E-state index in [-0.39, 0.29) is 25.2 Å². The van der Waals surface area contributed by atoms with Crippen molar-refractivity contribution in [3.63, 3.8) is 0 Å². The van der Waals surface area contributed by atoms with Crippen molar-refractivity contribution in [2.24, 2.45) is 0 Å². The number of aliphatic hydroxyl groups excluding tert-OH is 1. The van der Waals surface area contributed by atoms with Crippen LogP contribution < -0.4 is 0 Å². The highest BCUT2D eigenvalue weighted by Gasteiger charge is 2.16. The van der Waals surface area contributed by atoms with Gasteiger partial charge in [-0.15, -0.1) is 0 Å². The first kappa shape index (κ1) is 68.0. The minimum atomic E-state index is -0.793. The molecule has 0 aromatic heterocycles. The van der Waals surface area contributed by atoms with Crippen molar-refractivity contribution in [3.8, 4) is 0 Å². The maximum Gasteiger partial charge on any atom is 0.306 e. The third kappa shape index (κ3) is 58.6. The Labute approximate surface area is 445 Å². The molecule has 72 heavy (non-hydrogen) atoms. The highest BCUT2D eigenvalue weighted by atomic mass is 16.6. The van der Waals surface area contributed by atoms with Crippen LogP contribution in [0.4, 0.5) is 0 Å². The number of aliphatic hydroxyl groups is 1. The first-order chi connectivity index (χ1) is 35.6. The molecule has 5 heteroatoms. The predicted octanol–water partition coefficient (Wildman–Crippen LogP) is 20.4. The molecule has 1 unspecified atom stereocenters. The average molecular weight is 996 g/mol. The van der Waals surface area contributed by atoms with Gasteiger partial charge in [0.25, 0.3) is 0 Å². The van der Waals surface area contributed by atoms with Gasteiger partial charge in [-0.25, -0.2) is 0 Å². The van der Waals surface area contributed by atoms with E-state index >= 15 is 0 Å². The lowest BCUT2D eigenvalue weighted by Crippen LogP contribution is -2.28. The van der Waals surface area contributed by atoms with Crippen LogP contribution in [0.2, 0.25) is 0 Å². The Morgan fingerprint density at radius 1 is 0.333 bits per heavy atom. The van der Waals surface area contributed by atoms with Crippen LogP contribution in [0.3, 0.4) is 0 Å².